The van der Waals surface area contributed by atoms with E-state index in [9.17, 15) is 4.79 Å². The van der Waals surface area contributed by atoms with Crippen LogP contribution in [-0.4, -0.2) is 54.5 Å². The van der Waals surface area contributed by atoms with Crippen molar-refractivity contribution in [2.45, 2.75) is 32.4 Å². The topological polar surface area (TPSA) is 26.8 Å². The van der Waals surface area contributed by atoms with E-state index in [2.05, 4.69) is 54.0 Å². The molecule has 28 heavy (non-hydrogen) atoms. The lowest BCUT2D eigenvalue weighted by Crippen LogP contribution is -2.50. The van der Waals surface area contributed by atoms with Crippen LogP contribution in [0.5, 0.6) is 0 Å². The van der Waals surface area contributed by atoms with E-state index in [-0.39, 0.29) is 11.9 Å². The second-order valence-corrected chi connectivity index (χ2v) is 8.47. The summed E-state index contributed by atoms with van der Waals surface area (Å²) in [5.41, 5.74) is 3.66. The first-order chi connectivity index (χ1) is 13.5. The Morgan fingerprint density at radius 1 is 0.964 bits per heavy atom. The van der Waals surface area contributed by atoms with E-state index in [0.29, 0.717) is 12.5 Å². The van der Waals surface area contributed by atoms with Crippen molar-refractivity contribution in [2.24, 2.45) is 0 Å². The van der Waals surface area contributed by atoms with Crippen LogP contribution < -0.4 is 4.90 Å². The maximum Gasteiger partial charge on any atom is 0.241 e. The largest absolute Gasteiger partial charge is 0.308 e. The van der Waals surface area contributed by atoms with Gasteiger partial charge in [0.15, 0.2) is 0 Å². The lowest BCUT2D eigenvalue weighted by Gasteiger charge is -2.35. The van der Waals surface area contributed by atoms with E-state index >= 15 is 0 Å². The van der Waals surface area contributed by atoms with Crippen molar-refractivity contribution in [1.29, 1.82) is 0 Å². The molecule has 148 valence electrons. The van der Waals surface area contributed by atoms with Gasteiger partial charge in [-0.25, -0.2) is 0 Å². The van der Waals surface area contributed by atoms with Crippen molar-refractivity contribution in [3.8, 4) is 0 Å². The van der Waals surface area contributed by atoms with Gasteiger partial charge < -0.3 is 4.90 Å². The first-order valence-electron chi connectivity index (χ1n) is 10.1. The fourth-order valence-corrected chi connectivity index (χ4v) is 4.50. The molecule has 2 aromatic carbocycles. The smallest absolute Gasteiger partial charge is 0.241 e. The molecule has 0 saturated carbocycles. The van der Waals surface area contributed by atoms with Gasteiger partial charge in [0, 0.05) is 55.4 Å². The number of nitrogens with zero attached hydrogens (tertiary/aromatic N) is 3. The highest BCUT2D eigenvalue weighted by Crippen LogP contribution is 2.40. The van der Waals surface area contributed by atoms with Gasteiger partial charge in [-0.2, -0.15) is 0 Å². The molecule has 4 rings (SSSR count). The highest BCUT2D eigenvalue weighted by molar-refractivity contribution is 6.30. The van der Waals surface area contributed by atoms with Crippen LogP contribution in [0.4, 0.5) is 5.69 Å². The minimum absolute atomic E-state index is 0.218. The lowest BCUT2D eigenvalue weighted by atomic mass is 9.98. The fraction of sp³-hybridized carbons (Fsp3) is 0.435. The average molecular weight is 398 g/mol. The lowest BCUT2D eigenvalue weighted by molar-refractivity contribution is -0.120. The molecular formula is C23H28ClN3O. The number of anilines is 1. The molecule has 5 heteroatoms. The predicted octanol–water partition coefficient (Wildman–Crippen LogP) is 4.00. The van der Waals surface area contributed by atoms with E-state index in [4.69, 9.17) is 11.6 Å². The molecule has 2 aliphatic rings. The first kappa shape index (κ1) is 19.4. The van der Waals surface area contributed by atoms with Crippen LogP contribution in [0.3, 0.4) is 0 Å². The summed E-state index contributed by atoms with van der Waals surface area (Å²) in [4.78, 5) is 19.8. The molecule has 0 spiro atoms. The third-order valence-electron chi connectivity index (χ3n) is 6.23. The Kier molecular flexibility index (Phi) is 5.72. The summed E-state index contributed by atoms with van der Waals surface area (Å²) in [6.45, 7) is 9.64. The van der Waals surface area contributed by atoms with Crippen LogP contribution in [-0.2, 0) is 11.3 Å². The molecule has 0 N–H and O–H groups in total. The van der Waals surface area contributed by atoms with E-state index in [1.54, 1.807) is 0 Å². The number of para-hydroxylation sites is 1. The Labute approximate surface area is 172 Å². The molecule has 2 atom stereocenters. The Balaban J connectivity index is 1.32. The Morgan fingerprint density at radius 2 is 1.61 bits per heavy atom. The molecule has 4 nitrogen and oxygen atoms in total. The molecule has 2 aromatic rings. The number of carbonyl (C=O) groups is 1. The molecule has 1 fully saturated rings. The van der Waals surface area contributed by atoms with Crippen molar-refractivity contribution >= 4 is 23.2 Å². The molecule has 2 heterocycles. The zero-order valence-corrected chi connectivity index (χ0v) is 17.4. The summed E-state index contributed by atoms with van der Waals surface area (Å²) in [6.07, 6.45) is 0. The Morgan fingerprint density at radius 3 is 2.32 bits per heavy atom. The summed E-state index contributed by atoms with van der Waals surface area (Å²) in [5, 5.41) is 0.777. The van der Waals surface area contributed by atoms with E-state index in [1.807, 2.05) is 23.1 Å². The normalized spacial score (nSPS) is 23.0. The minimum Gasteiger partial charge on any atom is -0.308 e. The van der Waals surface area contributed by atoms with Crippen molar-refractivity contribution < 1.29 is 4.79 Å². The van der Waals surface area contributed by atoms with Gasteiger partial charge in [-0.3, -0.25) is 14.6 Å². The second kappa shape index (κ2) is 8.24. The fourth-order valence-electron chi connectivity index (χ4n) is 4.38. The van der Waals surface area contributed by atoms with Gasteiger partial charge in [-0.05, 0) is 36.2 Å². The van der Waals surface area contributed by atoms with Crippen LogP contribution in [0, 0.1) is 0 Å². The first-order valence-corrected chi connectivity index (χ1v) is 10.5. The third kappa shape index (κ3) is 3.95. The number of fused-ring (bicyclic) bond motifs is 1. The predicted molar refractivity (Wildman–Crippen MR) is 115 cm³/mol. The number of benzene rings is 2. The Bertz CT molecular complexity index is 830. The number of hydrogen-bond acceptors (Lipinski definition) is 3. The quantitative estimate of drug-likeness (QED) is 0.780. The number of amides is 1. The van der Waals surface area contributed by atoms with Crippen LogP contribution >= 0.6 is 11.6 Å². The van der Waals surface area contributed by atoms with Crippen molar-refractivity contribution in [3.05, 3.63) is 64.7 Å². The third-order valence-corrected chi connectivity index (χ3v) is 6.48. The summed E-state index contributed by atoms with van der Waals surface area (Å²) < 4.78 is 0. The summed E-state index contributed by atoms with van der Waals surface area (Å²) in [7, 11) is 0. The van der Waals surface area contributed by atoms with Crippen LogP contribution in [0.2, 0.25) is 5.02 Å². The SMILES string of the molecule is C[C@@H]1c2ccccc2N(C(=O)CN2CCN(Cc3ccc(Cl)cc3)CC2)[C@H]1C. The zero-order valence-electron chi connectivity index (χ0n) is 16.6. The standard InChI is InChI=1S/C23H28ClN3O/c1-17-18(2)27(22-6-4-3-5-21(17)22)23(28)16-26-13-11-25(12-14-26)15-19-7-9-20(24)10-8-19/h3-10,17-18H,11-16H2,1-2H3/t17-,18-/m0/s1. The summed E-state index contributed by atoms with van der Waals surface area (Å²) in [5.74, 6) is 0.604. The zero-order chi connectivity index (χ0) is 19.7. The van der Waals surface area contributed by atoms with Gasteiger partial charge in [0.25, 0.3) is 0 Å². The molecule has 1 amide bonds. The monoisotopic (exact) mass is 397 g/mol. The van der Waals surface area contributed by atoms with Gasteiger partial charge >= 0.3 is 0 Å². The molecule has 0 bridgehead atoms. The molecule has 2 aliphatic heterocycles. The average Bonchev–Trinajstić information content (AvgIpc) is 2.96. The maximum absolute atomic E-state index is 13.1. The van der Waals surface area contributed by atoms with Gasteiger partial charge in [0.1, 0.15) is 0 Å². The van der Waals surface area contributed by atoms with Gasteiger partial charge in [-0.15, -0.1) is 0 Å². The van der Waals surface area contributed by atoms with Crippen molar-refractivity contribution in [2.75, 3.05) is 37.6 Å². The van der Waals surface area contributed by atoms with Gasteiger partial charge in [0.2, 0.25) is 5.91 Å². The second-order valence-electron chi connectivity index (χ2n) is 8.03. The van der Waals surface area contributed by atoms with Crippen LogP contribution in [0.1, 0.15) is 30.9 Å². The molecule has 0 radical (unpaired) electrons. The molecule has 0 aromatic heterocycles. The molecule has 0 unspecified atom stereocenters. The number of hydrogen-bond donors (Lipinski definition) is 0. The highest BCUT2D eigenvalue weighted by Gasteiger charge is 2.36. The van der Waals surface area contributed by atoms with Crippen LogP contribution in [0.15, 0.2) is 48.5 Å². The summed E-state index contributed by atoms with van der Waals surface area (Å²) >= 11 is 5.97. The maximum atomic E-state index is 13.1. The number of rotatable bonds is 4. The van der Waals surface area contributed by atoms with Gasteiger partial charge in [-0.1, -0.05) is 48.9 Å². The van der Waals surface area contributed by atoms with Crippen molar-refractivity contribution in [1.82, 2.24) is 9.80 Å². The molecule has 0 aliphatic carbocycles. The number of halogens is 1. The molecule has 1 saturated heterocycles. The van der Waals surface area contributed by atoms with Gasteiger partial charge in [0.05, 0.1) is 6.54 Å². The highest BCUT2D eigenvalue weighted by atomic mass is 35.5. The van der Waals surface area contributed by atoms with Crippen LogP contribution in [0.25, 0.3) is 0 Å². The summed E-state index contributed by atoms with van der Waals surface area (Å²) in [6, 6.07) is 16.6. The molecular weight excluding hydrogens is 370 g/mol. The van der Waals surface area contributed by atoms with E-state index in [1.165, 1.54) is 11.1 Å². The van der Waals surface area contributed by atoms with E-state index < -0.39 is 0 Å². The van der Waals surface area contributed by atoms with Crippen molar-refractivity contribution in [3.63, 3.8) is 0 Å². The number of carbonyl (C=O) groups excluding carboxylic acids is 1. The van der Waals surface area contributed by atoms with E-state index in [0.717, 1.165) is 43.4 Å². The number of piperazine rings is 1. The Hall–Kier alpha value is -1.88. The minimum atomic E-state index is 0.218.